The van der Waals surface area contributed by atoms with Crippen LogP contribution in [0.4, 0.5) is 5.82 Å². The van der Waals surface area contributed by atoms with Crippen LogP contribution in [0.1, 0.15) is 5.56 Å². The van der Waals surface area contributed by atoms with E-state index < -0.39 is 0 Å². The normalized spacial score (nSPS) is 10.4. The fraction of sp³-hybridized carbons (Fsp3) is 0.0667. The van der Waals surface area contributed by atoms with E-state index in [9.17, 15) is 0 Å². The Kier molecular flexibility index (Phi) is 3.78. The van der Waals surface area contributed by atoms with Gasteiger partial charge in [-0.3, -0.25) is 0 Å². The molecule has 5 heteroatoms. The van der Waals surface area contributed by atoms with Gasteiger partial charge in [-0.05, 0) is 45.8 Å². The van der Waals surface area contributed by atoms with Gasteiger partial charge in [0.1, 0.15) is 5.82 Å². The van der Waals surface area contributed by atoms with Gasteiger partial charge < -0.3 is 9.88 Å². The maximum absolute atomic E-state index is 4.28. The molecule has 2 aromatic heterocycles. The van der Waals surface area contributed by atoms with E-state index >= 15 is 0 Å². The molecule has 3 aromatic rings. The Morgan fingerprint density at radius 2 is 1.95 bits per heavy atom. The van der Waals surface area contributed by atoms with Crippen LogP contribution in [-0.2, 0) is 6.54 Å². The van der Waals surface area contributed by atoms with Crippen molar-refractivity contribution in [3.8, 4) is 5.69 Å². The van der Waals surface area contributed by atoms with Gasteiger partial charge in [0.2, 0.25) is 0 Å². The SMILES string of the molecule is Brc1ccc(NCc2ccc(-n3ccnc3)cc2)nc1. The Balaban J connectivity index is 1.65. The number of halogens is 1. The van der Waals surface area contributed by atoms with Gasteiger partial charge in [-0.15, -0.1) is 0 Å². The zero-order valence-corrected chi connectivity index (χ0v) is 12.3. The van der Waals surface area contributed by atoms with E-state index in [0.717, 1.165) is 22.5 Å². The quantitative estimate of drug-likeness (QED) is 0.795. The topological polar surface area (TPSA) is 42.7 Å². The predicted molar refractivity (Wildman–Crippen MR) is 82.8 cm³/mol. The Morgan fingerprint density at radius 3 is 2.60 bits per heavy atom. The summed E-state index contributed by atoms with van der Waals surface area (Å²) in [5.74, 6) is 0.867. The number of nitrogens with one attached hydrogen (secondary N) is 1. The molecule has 0 spiro atoms. The number of aromatic nitrogens is 3. The number of pyridine rings is 1. The summed E-state index contributed by atoms with van der Waals surface area (Å²) >= 11 is 3.37. The predicted octanol–water partition coefficient (Wildman–Crippen LogP) is 3.64. The Bertz CT molecular complexity index is 660. The van der Waals surface area contributed by atoms with Crippen molar-refractivity contribution in [3.05, 3.63) is 71.4 Å². The van der Waals surface area contributed by atoms with E-state index in [-0.39, 0.29) is 0 Å². The molecule has 0 saturated heterocycles. The molecule has 0 radical (unpaired) electrons. The summed E-state index contributed by atoms with van der Waals surface area (Å²) in [5, 5.41) is 3.29. The first-order valence-corrected chi connectivity index (χ1v) is 7.03. The van der Waals surface area contributed by atoms with Gasteiger partial charge in [0.25, 0.3) is 0 Å². The van der Waals surface area contributed by atoms with Gasteiger partial charge in [-0.25, -0.2) is 9.97 Å². The Hall–Kier alpha value is -2.14. The van der Waals surface area contributed by atoms with Crippen LogP contribution in [-0.4, -0.2) is 14.5 Å². The van der Waals surface area contributed by atoms with Crippen molar-refractivity contribution in [1.82, 2.24) is 14.5 Å². The first kappa shape index (κ1) is 12.9. The van der Waals surface area contributed by atoms with Gasteiger partial charge in [-0.2, -0.15) is 0 Å². The molecule has 1 N–H and O–H groups in total. The van der Waals surface area contributed by atoms with E-state index in [2.05, 4.69) is 55.5 Å². The first-order valence-electron chi connectivity index (χ1n) is 6.24. The van der Waals surface area contributed by atoms with E-state index in [1.165, 1.54) is 5.56 Å². The van der Waals surface area contributed by atoms with Gasteiger partial charge >= 0.3 is 0 Å². The highest BCUT2D eigenvalue weighted by Gasteiger charge is 1.98. The molecule has 4 nitrogen and oxygen atoms in total. The average Bonchev–Trinajstić information content (AvgIpc) is 3.01. The third-order valence-electron chi connectivity index (χ3n) is 2.94. The summed E-state index contributed by atoms with van der Waals surface area (Å²) in [7, 11) is 0. The standard InChI is InChI=1S/C15H13BrN4/c16-13-3-6-15(19-10-13)18-9-12-1-4-14(5-2-12)20-8-7-17-11-20/h1-8,10-11H,9H2,(H,18,19). The van der Waals surface area contributed by atoms with Crippen LogP contribution in [0, 0.1) is 0 Å². The highest BCUT2D eigenvalue weighted by atomic mass is 79.9. The minimum absolute atomic E-state index is 0.749. The van der Waals surface area contributed by atoms with E-state index in [1.807, 2.05) is 22.9 Å². The van der Waals surface area contributed by atoms with Crippen molar-refractivity contribution in [2.75, 3.05) is 5.32 Å². The minimum atomic E-state index is 0.749. The highest BCUT2D eigenvalue weighted by Crippen LogP contribution is 2.13. The maximum Gasteiger partial charge on any atom is 0.126 e. The maximum atomic E-state index is 4.28. The molecule has 100 valence electrons. The summed E-state index contributed by atoms with van der Waals surface area (Å²) < 4.78 is 2.96. The molecule has 0 aliphatic heterocycles. The molecule has 0 fully saturated rings. The second-order valence-corrected chi connectivity index (χ2v) is 5.27. The zero-order valence-electron chi connectivity index (χ0n) is 10.7. The second kappa shape index (κ2) is 5.88. The third-order valence-corrected chi connectivity index (χ3v) is 3.41. The molecule has 0 aliphatic carbocycles. The lowest BCUT2D eigenvalue weighted by Crippen LogP contribution is -2.01. The number of rotatable bonds is 4. The number of anilines is 1. The number of imidazole rings is 1. The second-order valence-electron chi connectivity index (χ2n) is 4.35. The molecule has 0 atom stereocenters. The first-order chi connectivity index (χ1) is 9.81. The third kappa shape index (κ3) is 3.05. The highest BCUT2D eigenvalue weighted by molar-refractivity contribution is 9.10. The lowest BCUT2D eigenvalue weighted by atomic mass is 10.2. The summed E-state index contributed by atoms with van der Waals surface area (Å²) in [4.78, 5) is 8.32. The molecule has 0 aliphatic rings. The zero-order chi connectivity index (χ0) is 13.8. The van der Waals surface area contributed by atoms with Crippen molar-refractivity contribution in [3.63, 3.8) is 0 Å². The number of hydrogen-bond acceptors (Lipinski definition) is 3. The van der Waals surface area contributed by atoms with Crippen molar-refractivity contribution in [2.24, 2.45) is 0 Å². The van der Waals surface area contributed by atoms with Crippen molar-refractivity contribution < 1.29 is 0 Å². The molecular formula is C15H13BrN4. The number of hydrogen-bond donors (Lipinski definition) is 1. The lowest BCUT2D eigenvalue weighted by molar-refractivity contribution is 1.05. The van der Waals surface area contributed by atoms with Gasteiger partial charge in [0.15, 0.2) is 0 Å². The number of nitrogens with zero attached hydrogens (tertiary/aromatic N) is 3. The largest absolute Gasteiger partial charge is 0.366 e. The fourth-order valence-corrected chi connectivity index (χ4v) is 2.11. The van der Waals surface area contributed by atoms with Crippen LogP contribution in [0.15, 0.2) is 65.8 Å². The summed E-state index contributed by atoms with van der Waals surface area (Å²) in [5.41, 5.74) is 2.31. The Morgan fingerprint density at radius 1 is 1.10 bits per heavy atom. The molecule has 3 rings (SSSR count). The van der Waals surface area contributed by atoms with Crippen molar-refractivity contribution >= 4 is 21.7 Å². The van der Waals surface area contributed by atoms with Crippen molar-refractivity contribution in [1.29, 1.82) is 0 Å². The summed E-state index contributed by atoms with van der Waals surface area (Å²) in [6.07, 6.45) is 7.27. The molecule has 1 aromatic carbocycles. The van der Waals surface area contributed by atoms with Gasteiger partial charge in [0.05, 0.1) is 6.33 Å². The van der Waals surface area contributed by atoms with Crippen LogP contribution in [0.5, 0.6) is 0 Å². The number of benzene rings is 1. The fourth-order valence-electron chi connectivity index (χ4n) is 1.87. The van der Waals surface area contributed by atoms with E-state index in [4.69, 9.17) is 0 Å². The van der Waals surface area contributed by atoms with Crippen LogP contribution < -0.4 is 5.32 Å². The van der Waals surface area contributed by atoms with Crippen LogP contribution in [0.25, 0.3) is 5.69 Å². The molecule has 0 bridgehead atoms. The molecule has 20 heavy (non-hydrogen) atoms. The lowest BCUT2D eigenvalue weighted by Gasteiger charge is -2.07. The van der Waals surface area contributed by atoms with Crippen LogP contribution >= 0.6 is 15.9 Å². The molecule has 0 amide bonds. The van der Waals surface area contributed by atoms with Crippen molar-refractivity contribution in [2.45, 2.75) is 6.54 Å². The summed E-state index contributed by atoms with van der Waals surface area (Å²) in [6, 6.07) is 12.3. The van der Waals surface area contributed by atoms with Gasteiger partial charge in [0, 0.05) is 35.3 Å². The van der Waals surface area contributed by atoms with Crippen LogP contribution in [0.3, 0.4) is 0 Å². The Labute approximate surface area is 125 Å². The van der Waals surface area contributed by atoms with E-state index in [1.54, 1.807) is 18.7 Å². The summed E-state index contributed by atoms with van der Waals surface area (Å²) in [6.45, 7) is 0.749. The van der Waals surface area contributed by atoms with Gasteiger partial charge in [-0.1, -0.05) is 12.1 Å². The van der Waals surface area contributed by atoms with E-state index in [0.29, 0.717) is 0 Å². The smallest absolute Gasteiger partial charge is 0.126 e. The molecule has 0 unspecified atom stereocenters. The monoisotopic (exact) mass is 328 g/mol. The molecule has 0 saturated carbocycles. The average molecular weight is 329 g/mol. The van der Waals surface area contributed by atoms with Crippen LogP contribution in [0.2, 0.25) is 0 Å². The minimum Gasteiger partial charge on any atom is -0.366 e. The molecular weight excluding hydrogens is 316 g/mol. The molecule has 2 heterocycles.